The Hall–Kier alpha value is -2.70. The summed E-state index contributed by atoms with van der Waals surface area (Å²) >= 11 is 0. The first-order chi connectivity index (χ1) is 13.4. The van der Waals surface area contributed by atoms with Gasteiger partial charge in [0.15, 0.2) is 5.69 Å². The lowest BCUT2D eigenvalue weighted by Gasteiger charge is -2.24. The van der Waals surface area contributed by atoms with E-state index >= 15 is 0 Å². The van der Waals surface area contributed by atoms with Gasteiger partial charge in [0, 0.05) is 18.5 Å². The second kappa shape index (κ2) is 7.04. The van der Waals surface area contributed by atoms with Crippen LogP contribution in [-0.2, 0) is 11.3 Å². The van der Waals surface area contributed by atoms with Gasteiger partial charge in [-0.25, -0.2) is 9.48 Å². The zero-order chi connectivity index (χ0) is 20.0. The third-order valence-corrected chi connectivity index (χ3v) is 6.01. The Morgan fingerprint density at radius 2 is 1.93 bits per heavy atom. The van der Waals surface area contributed by atoms with Gasteiger partial charge in [-0.15, -0.1) is 0 Å². The fraction of sp³-hybridized carbons (Fsp3) is 0.524. The Morgan fingerprint density at radius 3 is 2.61 bits per heavy atom. The van der Waals surface area contributed by atoms with Gasteiger partial charge < -0.3 is 10.0 Å². The van der Waals surface area contributed by atoms with E-state index in [9.17, 15) is 19.5 Å². The maximum absolute atomic E-state index is 13.4. The summed E-state index contributed by atoms with van der Waals surface area (Å²) in [6.07, 6.45) is 2.81. The highest BCUT2D eigenvalue weighted by Gasteiger charge is 2.50. The highest BCUT2D eigenvalue weighted by atomic mass is 16.4. The molecule has 2 heterocycles. The molecule has 1 aromatic heterocycles. The Kier molecular flexibility index (Phi) is 4.69. The lowest BCUT2D eigenvalue weighted by molar-refractivity contribution is -0.142. The number of hydrogen-bond donors (Lipinski definition) is 1. The van der Waals surface area contributed by atoms with E-state index in [1.807, 2.05) is 13.8 Å². The van der Waals surface area contributed by atoms with E-state index in [1.54, 1.807) is 24.3 Å². The van der Waals surface area contributed by atoms with Crippen molar-refractivity contribution in [3.05, 3.63) is 40.3 Å². The molecule has 1 N–H and O–H groups in total. The number of carboxylic acid groups (broad SMARTS) is 1. The van der Waals surface area contributed by atoms with Crippen molar-refractivity contribution in [2.45, 2.75) is 45.7 Å². The molecule has 0 bridgehead atoms. The lowest BCUT2D eigenvalue weighted by atomic mass is 9.94. The molecule has 1 amide bonds. The first kappa shape index (κ1) is 18.7. The highest BCUT2D eigenvalue weighted by molar-refractivity contribution is 6.06. The van der Waals surface area contributed by atoms with Crippen molar-refractivity contribution in [2.75, 3.05) is 6.54 Å². The van der Waals surface area contributed by atoms with E-state index < -0.39 is 17.9 Å². The molecular weight excluding hydrogens is 358 g/mol. The van der Waals surface area contributed by atoms with Crippen molar-refractivity contribution in [2.24, 2.45) is 17.8 Å². The molecule has 7 nitrogen and oxygen atoms in total. The summed E-state index contributed by atoms with van der Waals surface area (Å²) < 4.78 is 1.34. The molecule has 2 fully saturated rings. The van der Waals surface area contributed by atoms with E-state index in [4.69, 9.17) is 0 Å². The molecule has 2 aromatic rings. The standard InChI is InChI=1S/C21H25N3O4/c1-12(2)10-24-19(25)16-8-4-3-7-15(16)17(22-24)20(26)23-11-13-6-5-9-14(13)18(23)21(27)28/h3-4,7-8,12-14,18H,5-6,9-11H2,1-2H3,(H,27,28). The summed E-state index contributed by atoms with van der Waals surface area (Å²) in [4.78, 5) is 39.6. The Labute approximate surface area is 163 Å². The van der Waals surface area contributed by atoms with Gasteiger partial charge in [0.1, 0.15) is 6.04 Å². The minimum atomic E-state index is -0.956. The molecule has 1 saturated carbocycles. The van der Waals surface area contributed by atoms with E-state index in [0.717, 1.165) is 19.3 Å². The van der Waals surface area contributed by atoms with Gasteiger partial charge in [-0.05, 0) is 36.7 Å². The number of hydrogen-bond acceptors (Lipinski definition) is 4. The fourth-order valence-electron chi connectivity index (χ4n) is 4.83. The van der Waals surface area contributed by atoms with Crippen molar-refractivity contribution in [3.8, 4) is 0 Å². The number of nitrogens with zero attached hydrogens (tertiary/aromatic N) is 3. The van der Waals surface area contributed by atoms with Gasteiger partial charge in [-0.1, -0.05) is 38.5 Å². The van der Waals surface area contributed by atoms with Crippen molar-refractivity contribution in [1.29, 1.82) is 0 Å². The third-order valence-electron chi connectivity index (χ3n) is 6.01. The van der Waals surface area contributed by atoms with Crippen molar-refractivity contribution < 1.29 is 14.7 Å². The predicted octanol–water partition coefficient (Wildman–Crippen LogP) is 2.38. The third kappa shape index (κ3) is 2.99. The predicted molar refractivity (Wildman–Crippen MR) is 104 cm³/mol. The first-order valence-electron chi connectivity index (χ1n) is 9.92. The summed E-state index contributed by atoms with van der Waals surface area (Å²) in [7, 11) is 0. The average molecular weight is 383 g/mol. The molecule has 1 aliphatic carbocycles. The van der Waals surface area contributed by atoms with Crippen LogP contribution in [0.1, 0.15) is 43.6 Å². The lowest BCUT2D eigenvalue weighted by Crippen LogP contribution is -2.44. The number of amides is 1. The van der Waals surface area contributed by atoms with Crippen LogP contribution in [0.4, 0.5) is 0 Å². The van der Waals surface area contributed by atoms with Crippen LogP contribution in [0, 0.1) is 17.8 Å². The van der Waals surface area contributed by atoms with Crippen LogP contribution in [-0.4, -0.2) is 44.3 Å². The minimum absolute atomic E-state index is 0.00860. The molecule has 2 aliphatic rings. The molecule has 1 saturated heterocycles. The van der Waals surface area contributed by atoms with E-state index in [1.165, 1.54) is 9.58 Å². The summed E-state index contributed by atoms with van der Waals surface area (Å²) in [5.74, 6) is -0.919. The number of rotatable bonds is 4. The maximum Gasteiger partial charge on any atom is 0.326 e. The second-order valence-electron chi connectivity index (χ2n) is 8.37. The normalized spacial score (nSPS) is 24.1. The number of benzene rings is 1. The number of aromatic nitrogens is 2. The Balaban J connectivity index is 1.82. The number of carbonyl (C=O) groups excluding carboxylic acids is 1. The molecule has 3 unspecified atom stereocenters. The second-order valence-corrected chi connectivity index (χ2v) is 8.37. The van der Waals surface area contributed by atoms with Crippen LogP contribution >= 0.6 is 0 Å². The first-order valence-corrected chi connectivity index (χ1v) is 9.92. The van der Waals surface area contributed by atoms with Crippen LogP contribution in [0.3, 0.4) is 0 Å². The van der Waals surface area contributed by atoms with Crippen LogP contribution in [0.15, 0.2) is 29.1 Å². The van der Waals surface area contributed by atoms with Gasteiger partial charge in [-0.2, -0.15) is 5.10 Å². The number of aliphatic carboxylic acids is 1. The zero-order valence-electron chi connectivity index (χ0n) is 16.2. The highest BCUT2D eigenvalue weighted by Crippen LogP contribution is 2.42. The molecule has 1 aromatic carbocycles. The number of likely N-dealkylation sites (tertiary alicyclic amines) is 1. The van der Waals surface area contributed by atoms with E-state index in [2.05, 4.69) is 5.10 Å². The summed E-state index contributed by atoms with van der Waals surface area (Å²) in [6, 6.07) is 6.12. The zero-order valence-corrected chi connectivity index (χ0v) is 16.2. The number of carboxylic acids is 1. The van der Waals surface area contributed by atoms with Crippen LogP contribution in [0.2, 0.25) is 0 Å². The van der Waals surface area contributed by atoms with E-state index in [0.29, 0.717) is 23.9 Å². The van der Waals surface area contributed by atoms with Crippen LogP contribution in [0.25, 0.3) is 10.8 Å². The van der Waals surface area contributed by atoms with Crippen LogP contribution < -0.4 is 5.56 Å². The molecule has 148 valence electrons. The largest absolute Gasteiger partial charge is 0.480 e. The van der Waals surface area contributed by atoms with Gasteiger partial charge in [-0.3, -0.25) is 9.59 Å². The summed E-state index contributed by atoms with van der Waals surface area (Å²) in [6.45, 7) is 4.80. The Bertz CT molecular complexity index is 997. The smallest absolute Gasteiger partial charge is 0.326 e. The molecule has 1 aliphatic heterocycles. The van der Waals surface area contributed by atoms with Gasteiger partial charge in [0.25, 0.3) is 11.5 Å². The minimum Gasteiger partial charge on any atom is -0.480 e. The van der Waals surface area contributed by atoms with Crippen molar-refractivity contribution >= 4 is 22.6 Å². The van der Waals surface area contributed by atoms with Gasteiger partial charge in [0.2, 0.25) is 0 Å². The van der Waals surface area contributed by atoms with Crippen LogP contribution in [0.5, 0.6) is 0 Å². The molecule has 4 rings (SSSR count). The number of carbonyl (C=O) groups is 2. The Morgan fingerprint density at radius 1 is 1.21 bits per heavy atom. The molecule has 3 atom stereocenters. The monoisotopic (exact) mass is 383 g/mol. The summed E-state index contributed by atoms with van der Waals surface area (Å²) in [5, 5.41) is 15.1. The molecular formula is C21H25N3O4. The number of fused-ring (bicyclic) bond motifs is 2. The quantitative estimate of drug-likeness (QED) is 0.875. The maximum atomic E-state index is 13.4. The van der Waals surface area contributed by atoms with Crippen molar-refractivity contribution in [1.82, 2.24) is 14.7 Å². The van der Waals surface area contributed by atoms with Gasteiger partial charge in [0.05, 0.1) is 5.39 Å². The molecule has 7 heteroatoms. The topological polar surface area (TPSA) is 92.5 Å². The van der Waals surface area contributed by atoms with E-state index in [-0.39, 0.29) is 29.0 Å². The molecule has 28 heavy (non-hydrogen) atoms. The average Bonchev–Trinajstić information content (AvgIpc) is 3.24. The van der Waals surface area contributed by atoms with Gasteiger partial charge >= 0.3 is 5.97 Å². The summed E-state index contributed by atoms with van der Waals surface area (Å²) in [5.41, 5.74) is -0.0593. The molecule has 0 radical (unpaired) electrons. The molecule has 0 spiro atoms. The fourth-order valence-corrected chi connectivity index (χ4v) is 4.83. The SMILES string of the molecule is CC(C)Cn1nc(C(=O)N2CC3CCCC3C2C(=O)O)c2ccccc2c1=O. The van der Waals surface area contributed by atoms with Crippen molar-refractivity contribution in [3.63, 3.8) is 0 Å².